The van der Waals surface area contributed by atoms with Crippen molar-refractivity contribution in [1.82, 2.24) is 0 Å². The van der Waals surface area contributed by atoms with E-state index in [1.54, 1.807) is 12.1 Å². The van der Waals surface area contributed by atoms with Crippen LogP contribution in [0.2, 0.25) is 0 Å². The molecule has 2 nitrogen and oxygen atoms in total. The maximum absolute atomic E-state index is 13.0. The molecule has 0 radical (unpaired) electrons. The van der Waals surface area contributed by atoms with Gasteiger partial charge in [-0.1, -0.05) is 42.5 Å². The molecule has 0 saturated carbocycles. The van der Waals surface area contributed by atoms with Crippen molar-refractivity contribution in [2.45, 2.75) is 19.1 Å². The Morgan fingerprint density at radius 1 is 1.05 bits per heavy atom. The summed E-state index contributed by atoms with van der Waals surface area (Å²) in [4.78, 5) is 0. The topological polar surface area (TPSA) is 29.5 Å². The van der Waals surface area contributed by atoms with E-state index in [1.807, 2.05) is 37.3 Å². The van der Waals surface area contributed by atoms with Gasteiger partial charge in [-0.2, -0.15) is 0 Å². The molecule has 0 aromatic heterocycles. The number of aliphatic hydroxyl groups is 1. The molecule has 19 heavy (non-hydrogen) atoms. The van der Waals surface area contributed by atoms with Crippen LogP contribution in [0.15, 0.2) is 54.6 Å². The van der Waals surface area contributed by atoms with Crippen molar-refractivity contribution in [3.8, 4) is 0 Å². The molecule has 0 spiro atoms. The van der Waals surface area contributed by atoms with Crippen LogP contribution in [-0.2, 0) is 16.9 Å². The molecule has 1 unspecified atom stereocenters. The Bertz CT molecular complexity index is 510. The summed E-state index contributed by atoms with van der Waals surface area (Å²) in [7, 11) is 0. The molecule has 0 aliphatic heterocycles. The van der Waals surface area contributed by atoms with Crippen LogP contribution >= 0.6 is 0 Å². The highest BCUT2D eigenvalue weighted by Crippen LogP contribution is 2.27. The average Bonchev–Trinajstić information content (AvgIpc) is 2.40. The highest BCUT2D eigenvalue weighted by molar-refractivity contribution is 5.25. The van der Waals surface area contributed by atoms with Gasteiger partial charge in [-0.25, -0.2) is 4.39 Å². The van der Waals surface area contributed by atoms with E-state index in [2.05, 4.69) is 0 Å². The summed E-state index contributed by atoms with van der Waals surface area (Å²) in [6.07, 6.45) is 0.327. The van der Waals surface area contributed by atoms with Gasteiger partial charge in [-0.15, -0.1) is 0 Å². The van der Waals surface area contributed by atoms with E-state index in [-0.39, 0.29) is 5.82 Å². The number of halogens is 1. The van der Waals surface area contributed by atoms with E-state index in [1.165, 1.54) is 12.1 Å². The van der Waals surface area contributed by atoms with E-state index >= 15 is 0 Å². The molecule has 0 heterocycles. The molecular weight excluding hydrogens is 243 g/mol. The van der Waals surface area contributed by atoms with Crippen molar-refractivity contribution in [3.63, 3.8) is 0 Å². The lowest BCUT2D eigenvalue weighted by Gasteiger charge is -2.28. The molecule has 1 N–H and O–H groups in total. The Labute approximate surface area is 112 Å². The quantitative estimate of drug-likeness (QED) is 0.836. The Balaban J connectivity index is 2.29. The monoisotopic (exact) mass is 260 g/mol. The van der Waals surface area contributed by atoms with Crippen LogP contribution < -0.4 is 0 Å². The second-order valence-corrected chi connectivity index (χ2v) is 4.39. The zero-order valence-electron chi connectivity index (χ0n) is 10.8. The van der Waals surface area contributed by atoms with Gasteiger partial charge in [0.1, 0.15) is 5.82 Å². The van der Waals surface area contributed by atoms with Crippen molar-refractivity contribution < 1.29 is 14.2 Å². The van der Waals surface area contributed by atoms with Crippen LogP contribution in [0.3, 0.4) is 0 Å². The summed E-state index contributed by atoms with van der Waals surface area (Å²) in [5.74, 6) is -1.76. The smallest absolute Gasteiger partial charge is 0.196 e. The van der Waals surface area contributed by atoms with Crippen molar-refractivity contribution in [2.75, 3.05) is 6.61 Å². The van der Waals surface area contributed by atoms with Crippen LogP contribution in [0, 0.1) is 5.82 Å². The Morgan fingerprint density at radius 3 is 2.26 bits per heavy atom. The Hall–Kier alpha value is -1.71. The van der Waals surface area contributed by atoms with Gasteiger partial charge >= 0.3 is 0 Å². The Morgan fingerprint density at radius 2 is 1.68 bits per heavy atom. The molecule has 0 aliphatic rings. The SMILES string of the molecule is CCOC(O)(Cc1ccccc1)c1ccc(F)cc1. The second kappa shape index (κ2) is 5.95. The minimum Gasteiger partial charge on any atom is -0.362 e. The first-order valence-corrected chi connectivity index (χ1v) is 6.30. The minimum atomic E-state index is -1.43. The first-order valence-electron chi connectivity index (χ1n) is 6.30. The number of ether oxygens (including phenoxy) is 1. The largest absolute Gasteiger partial charge is 0.362 e. The summed E-state index contributed by atoms with van der Waals surface area (Å²) in [6, 6.07) is 15.3. The molecule has 0 amide bonds. The highest BCUT2D eigenvalue weighted by Gasteiger charge is 2.30. The van der Waals surface area contributed by atoms with Gasteiger partial charge in [0.2, 0.25) is 0 Å². The normalized spacial score (nSPS) is 14.1. The lowest BCUT2D eigenvalue weighted by molar-refractivity contribution is -0.208. The van der Waals surface area contributed by atoms with Crippen molar-refractivity contribution >= 4 is 0 Å². The van der Waals surface area contributed by atoms with E-state index in [0.29, 0.717) is 18.6 Å². The van der Waals surface area contributed by atoms with Crippen LogP contribution in [0.25, 0.3) is 0 Å². The van der Waals surface area contributed by atoms with Gasteiger partial charge in [-0.05, 0) is 24.6 Å². The standard InChI is InChI=1S/C16H17FO2/c1-2-19-16(18,12-13-6-4-3-5-7-13)14-8-10-15(17)11-9-14/h3-11,18H,2,12H2,1H3. The third kappa shape index (κ3) is 3.40. The maximum Gasteiger partial charge on any atom is 0.196 e. The van der Waals surface area contributed by atoms with Gasteiger partial charge in [0.15, 0.2) is 5.79 Å². The predicted molar refractivity (Wildman–Crippen MR) is 72.1 cm³/mol. The summed E-state index contributed by atoms with van der Waals surface area (Å²) < 4.78 is 18.5. The van der Waals surface area contributed by atoms with Gasteiger partial charge in [0.05, 0.1) is 0 Å². The molecule has 0 aliphatic carbocycles. The molecule has 0 fully saturated rings. The highest BCUT2D eigenvalue weighted by atomic mass is 19.1. The van der Waals surface area contributed by atoms with Gasteiger partial charge in [-0.3, -0.25) is 0 Å². The number of hydrogen-bond acceptors (Lipinski definition) is 2. The van der Waals surface area contributed by atoms with E-state index in [4.69, 9.17) is 4.74 Å². The van der Waals surface area contributed by atoms with Gasteiger partial charge in [0, 0.05) is 18.6 Å². The second-order valence-electron chi connectivity index (χ2n) is 4.39. The average molecular weight is 260 g/mol. The van der Waals surface area contributed by atoms with Crippen LogP contribution in [0.1, 0.15) is 18.1 Å². The molecule has 2 aromatic rings. The summed E-state index contributed by atoms with van der Waals surface area (Å²) >= 11 is 0. The number of rotatable bonds is 5. The third-order valence-corrected chi connectivity index (χ3v) is 2.96. The van der Waals surface area contributed by atoms with Crippen molar-refractivity contribution in [2.24, 2.45) is 0 Å². The molecule has 100 valence electrons. The first-order chi connectivity index (χ1) is 9.14. The first kappa shape index (κ1) is 13.7. The zero-order valence-corrected chi connectivity index (χ0v) is 10.8. The fourth-order valence-electron chi connectivity index (χ4n) is 2.06. The molecule has 0 bridgehead atoms. The molecule has 3 heteroatoms. The maximum atomic E-state index is 13.0. The predicted octanol–water partition coefficient (Wildman–Crippen LogP) is 3.25. The summed E-state index contributed by atoms with van der Waals surface area (Å²) in [6.45, 7) is 2.19. The van der Waals surface area contributed by atoms with Gasteiger partial charge in [0.25, 0.3) is 0 Å². The van der Waals surface area contributed by atoms with Crippen LogP contribution in [-0.4, -0.2) is 11.7 Å². The molecule has 0 saturated heterocycles. The number of benzene rings is 2. The number of hydrogen-bond donors (Lipinski definition) is 1. The molecular formula is C16H17FO2. The van der Waals surface area contributed by atoms with Crippen molar-refractivity contribution in [3.05, 3.63) is 71.5 Å². The van der Waals surface area contributed by atoms with Crippen LogP contribution in [0.5, 0.6) is 0 Å². The molecule has 2 aromatic carbocycles. The van der Waals surface area contributed by atoms with Crippen molar-refractivity contribution in [1.29, 1.82) is 0 Å². The lowest BCUT2D eigenvalue weighted by Crippen LogP contribution is -2.32. The summed E-state index contributed by atoms with van der Waals surface area (Å²) in [5, 5.41) is 10.7. The fourth-order valence-corrected chi connectivity index (χ4v) is 2.06. The molecule has 2 rings (SSSR count). The van der Waals surface area contributed by atoms with Crippen LogP contribution in [0.4, 0.5) is 4.39 Å². The zero-order chi connectivity index (χ0) is 13.7. The minimum absolute atomic E-state index is 0.327. The lowest BCUT2D eigenvalue weighted by atomic mass is 9.97. The third-order valence-electron chi connectivity index (χ3n) is 2.96. The van der Waals surface area contributed by atoms with E-state index in [0.717, 1.165) is 5.56 Å². The van der Waals surface area contributed by atoms with Gasteiger partial charge < -0.3 is 9.84 Å². The molecule has 1 atom stereocenters. The summed E-state index contributed by atoms with van der Waals surface area (Å²) in [5.41, 5.74) is 1.52. The van der Waals surface area contributed by atoms with E-state index in [9.17, 15) is 9.50 Å². The Kier molecular flexibility index (Phi) is 4.30. The fraction of sp³-hybridized carbons (Fsp3) is 0.250. The van der Waals surface area contributed by atoms with E-state index < -0.39 is 5.79 Å².